The summed E-state index contributed by atoms with van der Waals surface area (Å²) in [7, 11) is 0. The number of para-hydroxylation sites is 1. The fourth-order valence-electron chi connectivity index (χ4n) is 2.90. The fourth-order valence-corrected chi connectivity index (χ4v) is 3.31. The van der Waals surface area contributed by atoms with Gasteiger partial charge in [0.1, 0.15) is 5.75 Å². The van der Waals surface area contributed by atoms with Crippen molar-refractivity contribution in [1.82, 2.24) is 0 Å². The molecule has 18 heavy (non-hydrogen) atoms. The SMILES string of the molecule is Cc1cccc(C)c1OCC1(CS)CCCCC1. The zero-order chi connectivity index (χ0) is 13.0. The van der Waals surface area contributed by atoms with Gasteiger partial charge in [-0.2, -0.15) is 12.6 Å². The van der Waals surface area contributed by atoms with Crippen LogP contribution in [0.3, 0.4) is 0 Å². The molecule has 0 aromatic heterocycles. The van der Waals surface area contributed by atoms with Crippen LogP contribution in [0.1, 0.15) is 43.2 Å². The second-order valence-electron chi connectivity index (χ2n) is 5.73. The maximum absolute atomic E-state index is 6.15. The van der Waals surface area contributed by atoms with Crippen LogP contribution < -0.4 is 4.74 Å². The lowest BCUT2D eigenvalue weighted by Crippen LogP contribution is -2.33. The predicted octanol–water partition coefficient (Wildman–Crippen LogP) is 4.56. The van der Waals surface area contributed by atoms with E-state index in [1.807, 2.05) is 0 Å². The largest absolute Gasteiger partial charge is 0.492 e. The minimum atomic E-state index is 0.302. The molecule has 0 saturated heterocycles. The molecule has 1 fully saturated rings. The highest BCUT2D eigenvalue weighted by atomic mass is 32.1. The van der Waals surface area contributed by atoms with Crippen LogP contribution in [0.15, 0.2) is 18.2 Å². The highest BCUT2D eigenvalue weighted by Crippen LogP contribution is 2.38. The van der Waals surface area contributed by atoms with Gasteiger partial charge in [0.15, 0.2) is 0 Å². The van der Waals surface area contributed by atoms with E-state index < -0.39 is 0 Å². The van der Waals surface area contributed by atoms with Crippen LogP contribution in [-0.4, -0.2) is 12.4 Å². The number of ether oxygens (including phenoxy) is 1. The lowest BCUT2D eigenvalue weighted by atomic mass is 9.76. The van der Waals surface area contributed by atoms with E-state index in [1.54, 1.807) is 0 Å². The van der Waals surface area contributed by atoms with Crippen molar-refractivity contribution in [3.05, 3.63) is 29.3 Å². The molecule has 0 atom stereocenters. The van der Waals surface area contributed by atoms with Crippen LogP contribution in [0.4, 0.5) is 0 Å². The molecule has 0 radical (unpaired) electrons. The standard InChI is InChI=1S/C16H24OS/c1-13-7-6-8-14(2)15(13)17-11-16(12-18)9-4-3-5-10-16/h6-8,18H,3-5,9-12H2,1-2H3. The van der Waals surface area contributed by atoms with Gasteiger partial charge in [-0.15, -0.1) is 0 Å². The molecule has 1 aromatic carbocycles. The molecule has 0 heterocycles. The topological polar surface area (TPSA) is 9.23 Å². The minimum absolute atomic E-state index is 0.302. The van der Waals surface area contributed by atoms with Crippen LogP contribution in [0, 0.1) is 19.3 Å². The van der Waals surface area contributed by atoms with E-state index in [1.165, 1.54) is 43.2 Å². The number of thiol groups is 1. The summed E-state index contributed by atoms with van der Waals surface area (Å²) in [5, 5.41) is 0. The Morgan fingerprint density at radius 1 is 1.11 bits per heavy atom. The van der Waals surface area contributed by atoms with Crippen LogP contribution >= 0.6 is 12.6 Å². The predicted molar refractivity (Wildman–Crippen MR) is 80.8 cm³/mol. The maximum Gasteiger partial charge on any atom is 0.125 e. The first-order chi connectivity index (χ1) is 8.67. The van der Waals surface area contributed by atoms with Crippen molar-refractivity contribution in [1.29, 1.82) is 0 Å². The number of benzene rings is 1. The first-order valence-corrected chi connectivity index (χ1v) is 7.60. The first kappa shape index (κ1) is 13.8. The molecular weight excluding hydrogens is 240 g/mol. The summed E-state index contributed by atoms with van der Waals surface area (Å²) < 4.78 is 6.15. The molecule has 0 unspecified atom stereocenters. The summed E-state index contributed by atoms with van der Waals surface area (Å²) in [6.07, 6.45) is 6.56. The van der Waals surface area contributed by atoms with E-state index in [9.17, 15) is 0 Å². The van der Waals surface area contributed by atoms with Crippen molar-refractivity contribution in [2.45, 2.75) is 46.0 Å². The van der Waals surface area contributed by atoms with Crippen molar-refractivity contribution >= 4 is 12.6 Å². The molecular formula is C16H24OS. The highest BCUT2D eigenvalue weighted by molar-refractivity contribution is 7.80. The summed E-state index contributed by atoms with van der Waals surface area (Å²) in [5.74, 6) is 2.02. The lowest BCUT2D eigenvalue weighted by molar-refractivity contribution is 0.120. The molecule has 2 rings (SSSR count). The summed E-state index contributed by atoms with van der Waals surface area (Å²) in [6, 6.07) is 6.33. The Labute approximate surface area is 116 Å². The molecule has 1 nitrogen and oxygen atoms in total. The van der Waals surface area contributed by atoms with E-state index in [4.69, 9.17) is 4.74 Å². The third-order valence-corrected chi connectivity index (χ3v) is 4.85. The summed E-state index contributed by atoms with van der Waals surface area (Å²) in [5.41, 5.74) is 2.77. The van der Waals surface area contributed by atoms with E-state index in [0.717, 1.165) is 18.1 Å². The van der Waals surface area contributed by atoms with E-state index in [0.29, 0.717) is 5.41 Å². The van der Waals surface area contributed by atoms with E-state index in [2.05, 4.69) is 44.7 Å². The average Bonchev–Trinajstić information content (AvgIpc) is 2.39. The second kappa shape index (κ2) is 6.01. The van der Waals surface area contributed by atoms with Gasteiger partial charge in [-0.1, -0.05) is 37.5 Å². The first-order valence-electron chi connectivity index (χ1n) is 6.97. The molecule has 0 aliphatic heterocycles. The van der Waals surface area contributed by atoms with Crippen molar-refractivity contribution in [2.75, 3.05) is 12.4 Å². The third-order valence-electron chi connectivity index (χ3n) is 4.18. The van der Waals surface area contributed by atoms with Gasteiger partial charge in [0.25, 0.3) is 0 Å². The Hall–Kier alpha value is -0.630. The van der Waals surface area contributed by atoms with Gasteiger partial charge in [0, 0.05) is 5.41 Å². The number of hydrogen-bond donors (Lipinski definition) is 1. The quantitative estimate of drug-likeness (QED) is 0.784. The molecule has 0 amide bonds. The second-order valence-corrected chi connectivity index (χ2v) is 6.04. The van der Waals surface area contributed by atoms with Crippen LogP contribution in [-0.2, 0) is 0 Å². The van der Waals surface area contributed by atoms with Gasteiger partial charge in [-0.25, -0.2) is 0 Å². The fraction of sp³-hybridized carbons (Fsp3) is 0.625. The Balaban J connectivity index is 2.05. The highest BCUT2D eigenvalue weighted by Gasteiger charge is 2.31. The molecule has 2 heteroatoms. The Morgan fingerprint density at radius 2 is 1.72 bits per heavy atom. The van der Waals surface area contributed by atoms with Crippen molar-refractivity contribution in [3.8, 4) is 5.75 Å². The lowest BCUT2D eigenvalue weighted by Gasteiger charge is -2.36. The van der Waals surface area contributed by atoms with Crippen molar-refractivity contribution in [3.63, 3.8) is 0 Å². The Bertz CT molecular complexity index is 374. The Morgan fingerprint density at radius 3 is 2.28 bits per heavy atom. The average molecular weight is 264 g/mol. The van der Waals surface area contributed by atoms with Crippen molar-refractivity contribution in [2.24, 2.45) is 5.41 Å². The van der Waals surface area contributed by atoms with Crippen LogP contribution in [0.25, 0.3) is 0 Å². The molecule has 1 aliphatic carbocycles. The molecule has 0 spiro atoms. The smallest absolute Gasteiger partial charge is 0.125 e. The summed E-state index contributed by atoms with van der Waals surface area (Å²) in [6.45, 7) is 5.06. The Kier molecular flexibility index (Phi) is 4.60. The molecule has 1 aliphatic rings. The van der Waals surface area contributed by atoms with Gasteiger partial charge in [0.05, 0.1) is 6.61 Å². The minimum Gasteiger partial charge on any atom is -0.492 e. The van der Waals surface area contributed by atoms with E-state index >= 15 is 0 Å². The zero-order valence-electron chi connectivity index (χ0n) is 11.5. The molecule has 0 N–H and O–H groups in total. The molecule has 1 saturated carbocycles. The zero-order valence-corrected chi connectivity index (χ0v) is 12.4. The number of aryl methyl sites for hydroxylation is 2. The molecule has 0 bridgehead atoms. The van der Waals surface area contributed by atoms with Crippen LogP contribution in [0.2, 0.25) is 0 Å². The molecule has 1 aromatic rings. The number of rotatable bonds is 4. The summed E-state index contributed by atoms with van der Waals surface area (Å²) >= 11 is 4.57. The van der Waals surface area contributed by atoms with Crippen molar-refractivity contribution < 1.29 is 4.74 Å². The maximum atomic E-state index is 6.15. The van der Waals surface area contributed by atoms with Crippen LogP contribution in [0.5, 0.6) is 5.75 Å². The monoisotopic (exact) mass is 264 g/mol. The van der Waals surface area contributed by atoms with Gasteiger partial charge < -0.3 is 4.74 Å². The summed E-state index contributed by atoms with van der Waals surface area (Å²) in [4.78, 5) is 0. The van der Waals surface area contributed by atoms with E-state index in [-0.39, 0.29) is 0 Å². The van der Waals surface area contributed by atoms with Gasteiger partial charge in [-0.3, -0.25) is 0 Å². The normalized spacial score (nSPS) is 18.6. The number of hydrogen-bond acceptors (Lipinski definition) is 2. The molecule has 100 valence electrons. The van der Waals surface area contributed by atoms with Gasteiger partial charge in [-0.05, 0) is 43.6 Å². The van der Waals surface area contributed by atoms with Gasteiger partial charge >= 0.3 is 0 Å². The van der Waals surface area contributed by atoms with Gasteiger partial charge in [0.2, 0.25) is 0 Å². The third kappa shape index (κ3) is 3.03.